The number of halogens is 3. The van der Waals surface area contributed by atoms with Gasteiger partial charge in [-0.05, 0) is 37.9 Å². The van der Waals surface area contributed by atoms with Crippen molar-refractivity contribution >= 4 is 5.96 Å². The lowest BCUT2D eigenvalue weighted by molar-refractivity contribution is -0.139. The summed E-state index contributed by atoms with van der Waals surface area (Å²) in [6.07, 6.45) is 0.0401. The number of rotatable bonds is 7. The monoisotopic (exact) mass is 387 g/mol. The number of alkyl halides is 3. The summed E-state index contributed by atoms with van der Waals surface area (Å²) in [5.74, 6) is 0.225. The first kappa shape index (κ1) is 21.3. The SMILES string of the molecule is CCCN1CCC(NC(=NC)NCCOc2ncccc2C(F)(F)F)CC1. The summed E-state index contributed by atoms with van der Waals surface area (Å²) in [5.41, 5.74) is -0.869. The fourth-order valence-electron chi connectivity index (χ4n) is 3.04. The van der Waals surface area contributed by atoms with E-state index < -0.39 is 17.6 Å². The zero-order valence-corrected chi connectivity index (χ0v) is 15.9. The number of pyridine rings is 1. The molecule has 2 N–H and O–H groups in total. The van der Waals surface area contributed by atoms with Crippen LogP contribution < -0.4 is 15.4 Å². The van der Waals surface area contributed by atoms with Gasteiger partial charge in [0.05, 0.1) is 6.54 Å². The van der Waals surface area contributed by atoms with Gasteiger partial charge >= 0.3 is 6.18 Å². The molecular formula is C18H28F3N5O. The highest BCUT2D eigenvalue weighted by atomic mass is 19.4. The standard InChI is InChI=1S/C18H28F3N5O/c1-3-10-26-11-6-14(7-12-26)25-17(22-2)24-9-13-27-16-15(18(19,20)21)5-4-8-23-16/h4-5,8,14H,3,6-7,9-13H2,1-2H3,(H2,22,24,25). The average molecular weight is 387 g/mol. The molecule has 9 heteroatoms. The Morgan fingerprint density at radius 1 is 1.37 bits per heavy atom. The summed E-state index contributed by atoms with van der Waals surface area (Å²) in [5, 5.41) is 6.44. The molecule has 2 rings (SSSR count). The van der Waals surface area contributed by atoms with Crippen LogP contribution >= 0.6 is 0 Å². The van der Waals surface area contributed by atoms with Crippen LogP contribution in [0.15, 0.2) is 23.3 Å². The van der Waals surface area contributed by atoms with E-state index >= 15 is 0 Å². The highest BCUT2D eigenvalue weighted by Crippen LogP contribution is 2.34. The van der Waals surface area contributed by atoms with Crippen molar-refractivity contribution in [2.75, 3.05) is 39.8 Å². The van der Waals surface area contributed by atoms with Crippen molar-refractivity contribution < 1.29 is 17.9 Å². The molecule has 152 valence electrons. The molecule has 0 saturated carbocycles. The van der Waals surface area contributed by atoms with E-state index in [2.05, 4.69) is 32.4 Å². The molecule has 0 bridgehead atoms. The summed E-state index contributed by atoms with van der Waals surface area (Å²) < 4.78 is 43.9. The minimum atomic E-state index is -4.48. The molecule has 1 aliphatic heterocycles. The molecular weight excluding hydrogens is 359 g/mol. The zero-order chi connectivity index (χ0) is 19.7. The summed E-state index contributed by atoms with van der Waals surface area (Å²) in [6, 6.07) is 2.55. The number of nitrogens with one attached hydrogen (secondary N) is 2. The van der Waals surface area contributed by atoms with Gasteiger partial charge in [0, 0.05) is 32.4 Å². The van der Waals surface area contributed by atoms with Crippen LogP contribution in [0.3, 0.4) is 0 Å². The van der Waals surface area contributed by atoms with E-state index in [9.17, 15) is 13.2 Å². The third kappa shape index (κ3) is 6.89. The number of likely N-dealkylation sites (tertiary alicyclic amines) is 1. The Labute approximate surface area is 158 Å². The van der Waals surface area contributed by atoms with E-state index in [4.69, 9.17) is 4.74 Å². The topological polar surface area (TPSA) is 61.8 Å². The molecule has 0 spiro atoms. The first-order valence-corrected chi connectivity index (χ1v) is 9.28. The predicted molar refractivity (Wildman–Crippen MR) is 99.0 cm³/mol. The smallest absolute Gasteiger partial charge is 0.421 e. The molecule has 1 saturated heterocycles. The lowest BCUT2D eigenvalue weighted by Crippen LogP contribution is -2.49. The van der Waals surface area contributed by atoms with Crippen molar-refractivity contribution in [3.63, 3.8) is 0 Å². The second kappa shape index (κ2) is 10.3. The van der Waals surface area contributed by atoms with Gasteiger partial charge in [0.1, 0.15) is 12.2 Å². The molecule has 1 aromatic heterocycles. The molecule has 0 aliphatic carbocycles. The Bertz CT molecular complexity index is 601. The molecule has 0 unspecified atom stereocenters. The van der Waals surface area contributed by atoms with Crippen LogP contribution in [-0.4, -0.2) is 61.7 Å². The highest BCUT2D eigenvalue weighted by molar-refractivity contribution is 5.79. The number of hydrogen-bond acceptors (Lipinski definition) is 4. The van der Waals surface area contributed by atoms with Crippen LogP contribution in [0.25, 0.3) is 0 Å². The van der Waals surface area contributed by atoms with Crippen LogP contribution in [0.2, 0.25) is 0 Å². The average Bonchev–Trinajstić information content (AvgIpc) is 2.65. The van der Waals surface area contributed by atoms with Crippen molar-refractivity contribution in [3.05, 3.63) is 23.9 Å². The van der Waals surface area contributed by atoms with Gasteiger partial charge in [-0.25, -0.2) is 4.98 Å². The second-order valence-corrected chi connectivity index (χ2v) is 6.46. The third-order valence-corrected chi connectivity index (χ3v) is 4.40. The number of nitrogens with zero attached hydrogens (tertiary/aromatic N) is 3. The molecule has 27 heavy (non-hydrogen) atoms. The first-order chi connectivity index (χ1) is 12.9. The van der Waals surface area contributed by atoms with Crippen LogP contribution in [0.5, 0.6) is 5.88 Å². The van der Waals surface area contributed by atoms with Gasteiger partial charge in [-0.15, -0.1) is 0 Å². The molecule has 0 atom stereocenters. The van der Waals surface area contributed by atoms with Crippen LogP contribution in [0.1, 0.15) is 31.7 Å². The Hall–Kier alpha value is -2.03. The number of guanidine groups is 1. The van der Waals surface area contributed by atoms with Gasteiger partial charge in [0.2, 0.25) is 5.88 Å². The lowest BCUT2D eigenvalue weighted by atomic mass is 10.1. The van der Waals surface area contributed by atoms with Crippen molar-refractivity contribution in [3.8, 4) is 5.88 Å². The van der Waals surface area contributed by atoms with Crippen molar-refractivity contribution in [2.45, 2.75) is 38.4 Å². The molecule has 1 fully saturated rings. The first-order valence-electron chi connectivity index (χ1n) is 9.28. The lowest BCUT2D eigenvalue weighted by Gasteiger charge is -2.32. The number of aliphatic imine (C=N–C) groups is 1. The highest BCUT2D eigenvalue weighted by Gasteiger charge is 2.35. The minimum Gasteiger partial charge on any atom is -0.475 e. The Morgan fingerprint density at radius 2 is 2.11 bits per heavy atom. The Balaban J connectivity index is 1.73. The minimum absolute atomic E-state index is 0.0513. The van der Waals surface area contributed by atoms with Gasteiger partial charge in [0.25, 0.3) is 0 Å². The Morgan fingerprint density at radius 3 is 2.74 bits per heavy atom. The fourth-order valence-corrected chi connectivity index (χ4v) is 3.04. The van der Waals surface area contributed by atoms with Gasteiger partial charge < -0.3 is 20.3 Å². The summed E-state index contributed by atoms with van der Waals surface area (Å²) in [6.45, 7) is 5.81. The van der Waals surface area contributed by atoms with E-state index in [0.29, 0.717) is 18.5 Å². The third-order valence-electron chi connectivity index (χ3n) is 4.40. The number of hydrogen-bond donors (Lipinski definition) is 2. The van der Waals surface area contributed by atoms with Crippen LogP contribution in [0, 0.1) is 0 Å². The Kier molecular flexibility index (Phi) is 8.15. The molecule has 0 radical (unpaired) electrons. The van der Waals surface area contributed by atoms with Crippen LogP contribution in [0.4, 0.5) is 13.2 Å². The molecule has 0 aromatic carbocycles. The van der Waals surface area contributed by atoms with E-state index in [1.165, 1.54) is 12.3 Å². The van der Waals surface area contributed by atoms with Crippen molar-refractivity contribution in [1.82, 2.24) is 20.5 Å². The van der Waals surface area contributed by atoms with Gasteiger partial charge in [0.15, 0.2) is 5.96 Å². The van der Waals surface area contributed by atoms with E-state index in [-0.39, 0.29) is 6.61 Å². The van der Waals surface area contributed by atoms with E-state index in [0.717, 1.165) is 45.0 Å². The van der Waals surface area contributed by atoms with Crippen LogP contribution in [-0.2, 0) is 6.18 Å². The van der Waals surface area contributed by atoms with Crippen molar-refractivity contribution in [2.24, 2.45) is 4.99 Å². The largest absolute Gasteiger partial charge is 0.475 e. The molecule has 1 aromatic rings. The number of aromatic nitrogens is 1. The van der Waals surface area contributed by atoms with E-state index in [1.54, 1.807) is 7.05 Å². The predicted octanol–water partition coefficient (Wildman–Crippen LogP) is 2.52. The maximum atomic E-state index is 12.9. The molecule has 6 nitrogen and oxygen atoms in total. The number of piperidine rings is 1. The normalized spacial score (nSPS) is 17.0. The summed E-state index contributed by atoms with van der Waals surface area (Å²) in [4.78, 5) is 10.3. The maximum Gasteiger partial charge on any atom is 0.421 e. The van der Waals surface area contributed by atoms with Crippen molar-refractivity contribution in [1.29, 1.82) is 0 Å². The zero-order valence-electron chi connectivity index (χ0n) is 15.9. The summed E-state index contributed by atoms with van der Waals surface area (Å²) >= 11 is 0. The molecule has 2 heterocycles. The number of ether oxygens (including phenoxy) is 1. The van der Waals surface area contributed by atoms with Gasteiger partial charge in [-0.2, -0.15) is 13.2 Å². The van der Waals surface area contributed by atoms with E-state index in [1.807, 2.05) is 0 Å². The quantitative estimate of drug-likeness (QED) is 0.428. The van der Waals surface area contributed by atoms with Gasteiger partial charge in [-0.1, -0.05) is 6.92 Å². The van der Waals surface area contributed by atoms with Gasteiger partial charge in [-0.3, -0.25) is 4.99 Å². The molecule has 0 amide bonds. The fraction of sp³-hybridized carbons (Fsp3) is 0.667. The maximum absolute atomic E-state index is 12.9. The second-order valence-electron chi connectivity index (χ2n) is 6.46. The summed E-state index contributed by atoms with van der Waals surface area (Å²) in [7, 11) is 1.67. The molecule has 1 aliphatic rings.